The summed E-state index contributed by atoms with van der Waals surface area (Å²) in [6.07, 6.45) is 10.5. The molecule has 0 bridgehead atoms. The molecule has 1 aliphatic rings. The van der Waals surface area contributed by atoms with Crippen LogP contribution in [0.3, 0.4) is 0 Å². The molecule has 0 aliphatic heterocycles. The smallest absolute Gasteiger partial charge is 0.153 e. The Kier molecular flexibility index (Phi) is 2.48. The molecule has 0 N–H and O–H groups in total. The van der Waals surface area contributed by atoms with Gasteiger partial charge in [0.1, 0.15) is 6.26 Å². The fourth-order valence-electron chi connectivity index (χ4n) is 2.16. The van der Waals surface area contributed by atoms with Crippen molar-refractivity contribution in [1.82, 2.24) is 0 Å². The van der Waals surface area contributed by atoms with E-state index >= 15 is 0 Å². The van der Waals surface area contributed by atoms with Gasteiger partial charge in [0.25, 0.3) is 0 Å². The summed E-state index contributed by atoms with van der Waals surface area (Å²) in [5.74, 6) is 0.563. The van der Waals surface area contributed by atoms with Gasteiger partial charge in [-0.25, -0.2) is 0 Å². The molecule has 0 unspecified atom stereocenters. The molecule has 0 aromatic carbocycles. The summed E-state index contributed by atoms with van der Waals surface area (Å²) in [4.78, 5) is 10.7. The zero-order chi connectivity index (χ0) is 9.10. The van der Waals surface area contributed by atoms with Gasteiger partial charge >= 0.3 is 0 Å². The minimum atomic E-state index is 0.563. The van der Waals surface area contributed by atoms with Gasteiger partial charge in [0, 0.05) is 5.56 Å². The van der Waals surface area contributed by atoms with E-state index in [1.54, 1.807) is 12.5 Å². The summed E-state index contributed by atoms with van der Waals surface area (Å²) in [5.41, 5.74) is 1.86. The molecule has 13 heavy (non-hydrogen) atoms. The van der Waals surface area contributed by atoms with Crippen molar-refractivity contribution in [2.45, 2.75) is 38.0 Å². The van der Waals surface area contributed by atoms with E-state index in [0.717, 1.165) is 17.4 Å². The average molecular weight is 178 g/mol. The summed E-state index contributed by atoms with van der Waals surface area (Å²) < 4.78 is 5.06. The molecular weight excluding hydrogens is 164 g/mol. The lowest BCUT2D eigenvalue weighted by Crippen LogP contribution is -2.05. The SMILES string of the molecule is O=Cc1cocc1C1CCCCC1. The largest absolute Gasteiger partial charge is 0.472 e. The average Bonchev–Trinajstić information content (AvgIpc) is 2.67. The maximum Gasteiger partial charge on any atom is 0.153 e. The van der Waals surface area contributed by atoms with Crippen LogP contribution in [0, 0.1) is 0 Å². The lowest BCUT2D eigenvalue weighted by molar-refractivity contribution is 0.112. The third-order valence-corrected chi connectivity index (χ3v) is 2.90. The van der Waals surface area contributed by atoms with E-state index in [2.05, 4.69) is 0 Å². The van der Waals surface area contributed by atoms with Crippen molar-refractivity contribution in [3.8, 4) is 0 Å². The zero-order valence-electron chi connectivity index (χ0n) is 7.66. The van der Waals surface area contributed by atoms with Crippen molar-refractivity contribution in [3.63, 3.8) is 0 Å². The zero-order valence-corrected chi connectivity index (χ0v) is 7.66. The molecule has 0 saturated heterocycles. The molecule has 1 fully saturated rings. The minimum absolute atomic E-state index is 0.563. The van der Waals surface area contributed by atoms with Gasteiger partial charge in [-0.15, -0.1) is 0 Å². The van der Waals surface area contributed by atoms with Crippen LogP contribution in [-0.2, 0) is 0 Å². The number of hydrogen-bond donors (Lipinski definition) is 0. The molecular formula is C11H14O2. The standard InChI is InChI=1S/C11H14O2/c12-6-10-7-13-8-11(10)9-4-2-1-3-5-9/h6-9H,1-5H2. The second-order valence-electron chi connectivity index (χ2n) is 3.74. The normalized spacial score (nSPS) is 18.8. The highest BCUT2D eigenvalue weighted by molar-refractivity contribution is 5.76. The van der Waals surface area contributed by atoms with Gasteiger partial charge in [-0.05, 0) is 18.8 Å². The highest BCUT2D eigenvalue weighted by Gasteiger charge is 2.19. The molecule has 0 spiro atoms. The van der Waals surface area contributed by atoms with Crippen LogP contribution in [0.2, 0.25) is 0 Å². The Morgan fingerprint density at radius 1 is 1.23 bits per heavy atom. The van der Waals surface area contributed by atoms with Gasteiger partial charge in [0.05, 0.1) is 11.8 Å². The summed E-state index contributed by atoms with van der Waals surface area (Å²) in [7, 11) is 0. The molecule has 1 aromatic rings. The van der Waals surface area contributed by atoms with Gasteiger partial charge in [-0.3, -0.25) is 4.79 Å². The van der Waals surface area contributed by atoms with E-state index < -0.39 is 0 Å². The number of furan rings is 1. The lowest BCUT2D eigenvalue weighted by Gasteiger charge is -2.20. The Morgan fingerprint density at radius 3 is 2.69 bits per heavy atom. The van der Waals surface area contributed by atoms with E-state index in [-0.39, 0.29) is 0 Å². The molecule has 1 saturated carbocycles. The van der Waals surface area contributed by atoms with Crippen molar-refractivity contribution in [2.75, 3.05) is 0 Å². The molecule has 0 amide bonds. The van der Waals surface area contributed by atoms with Gasteiger partial charge in [0.2, 0.25) is 0 Å². The van der Waals surface area contributed by atoms with Crippen molar-refractivity contribution in [1.29, 1.82) is 0 Å². The molecule has 0 radical (unpaired) electrons. The van der Waals surface area contributed by atoms with Crippen molar-refractivity contribution >= 4 is 6.29 Å². The van der Waals surface area contributed by atoms with Gasteiger partial charge in [0.15, 0.2) is 6.29 Å². The topological polar surface area (TPSA) is 30.2 Å². The first-order valence-corrected chi connectivity index (χ1v) is 4.93. The van der Waals surface area contributed by atoms with Crippen molar-refractivity contribution < 1.29 is 9.21 Å². The Hall–Kier alpha value is -1.05. The first-order chi connectivity index (χ1) is 6.42. The summed E-state index contributed by atoms with van der Waals surface area (Å²) in [6.45, 7) is 0. The third kappa shape index (κ3) is 1.67. The van der Waals surface area contributed by atoms with Crippen LogP contribution in [0.15, 0.2) is 16.9 Å². The van der Waals surface area contributed by atoms with Gasteiger partial charge < -0.3 is 4.42 Å². The Bertz CT molecular complexity index is 282. The second kappa shape index (κ2) is 3.77. The monoisotopic (exact) mass is 178 g/mol. The lowest BCUT2D eigenvalue weighted by atomic mass is 9.84. The molecule has 0 atom stereocenters. The Labute approximate surface area is 77.9 Å². The number of hydrogen-bond acceptors (Lipinski definition) is 2. The third-order valence-electron chi connectivity index (χ3n) is 2.90. The van der Waals surface area contributed by atoms with Crippen molar-refractivity contribution in [3.05, 3.63) is 23.7 Å². The fraction of sp³-hybridized carbons (Fsp3) is 0.545. The minimum Gasteiger partial charge on any atom is -0.472 e. The first kappa shape index (κ1) is 8.54. The maximum absolute atomic E-state index is 10.7. The summed E-state index contributed by atoms with van der Waals surface area (Å²) in [5, 5.41) is 0. The number of carbonyl (C=O) groups excluding carboxylic acids is 1. The number of rotatable bonds is 2. The Balaban J connectivity index is 2.17. The highest BCUT2D eigenvalue weighted by atomic mass is 16.3. The van der Waals surface area contributed by atoms with E-state index in [9.17, 15) is 4.79 Å². The van der Waals surface area contributed by atoms with Crippen LogP contribution in [0.1, 0.15) is 53.9 Å². The molecule has 2 nitrogen and oxygen atoms in total. The predicted molar refractivity (Wildman–Crippen MR) is 49.9 cm³/mol. The first-order valence-electron chi connectivity index (χ1n) is 4.93. The predicted octanol–water partition coefficient (Wildman–Crippen LogP) is 3.14. The van der Waals surface area contributed by atoms with Gasteiger partial charge in [-0.1, -0.05) is 19.3 Å². The van der Waals surface area contributed by atoms with E-state index in [0.29, 0.717) is 5.92 Å². The van der Waals surface area contributed by atoms with Crippen LogP contribution >= 0.6 is 0 Å². The molecule has 2 heteroatoms. The molecule has 1 heterocycles. The molecule has 1 aromatic heterocycles. The quantitative estimate of drug-likeness (QED) is 0.651. The fourth-order valence-corrected chi connectivity index (χ4v) is 2.16. The van der Waals surface area contributed by atoms with E-state index in [1.807, 2.05) is 0 Å². The van der Waals surface area contributed by atoms with Crippen molar-refractivity contribution in [2.24, 2.45) is 0 Å². The maximum atomic E-state index is 10.7. The molecule has 2 rings (SSSR count). The van der Waals surface area contributed by atoms with Crippen LogP contribution in [0.5, 0.6) is 0 Å². The summed E-state index contributed by atoms with van der Waals surface area (Å²) >= 11 is 0. The van der Waals surface area contributed by atoms with E-state index in [1.165, 1.54) is 32.1 Å². The van der Waals surface area contributed by atoms with Gasteiger partial charge in [-0.2, -0.15) is 0 Å². The highest BCUT2D eigenvalue weighted by Crippen LogP contribution is 2.34. The molecule has 70 valence electrons. The van der Waals surface area contributed by atoms with Crippen LogP contribution in [0.25, 0.3) is 0 Å². The molecule has 1 aliphatic carbocycles. The Morgan fingerprint density at radius 2 is 2.00 bits per heavy atom. The van der Waals surface area contributed by atoms with Crippen LogP contribution < -0.4 is 0 Å². The van der Waals surface area contributed by atoms with Crippen LogP contribution in [0.4, 0.5) is 0 Å². The van der Waals surface area contributed by atoms with E-state index in [4.69, 9.17) is 4.42 Å². The number of aldehydes is 1. The van der Waals surface area contributed by atoms with Crippen LogP contribution in [-0.4, -0.2) is 6.29 Å². The second-order valence-corrected chi connectivity index (χ2v) is 3.74. The summed E-state index contributed by atoms with van der Waals surface area (Å²) in [6, 6.07) is 0. The number of carbonyl (C=O) groups is 1.